The number of benzene rings is 1. The Balaban J connectivity index is 1.10. The maximum atomic E-state index is 12.9. The third kappa shape index (κ3) is 3.29. The highest BCUT2D eigenvalue weighted by atomic mass is 35.5. The molecule has 4 aliphatic rings. The van der Waals surface area contributed by atoms with Gasteiger partial charge >= 0.3 is 6.30 Å². The maximum absolute atomic E-state index is 12.9. The molecule has 1 aromatic carbocycles. The Morgan fingerprint density at radius 1 is 1.26 bits per heavy atom. The van der Waals surface area contributed by atoms with Gasteiger partial charge < -0.3 is 15.2 Å². The van der Waals surface area contributed by atoms with Crippen molar-refractivity contribution in [2.45, 2.75) is 55.3 Å². The van der Waals surface area contributed by atoms with Gasteiger partial charge in [0.2, 0.25) is 0 Å². The predicted molar refractivity (Wildman–Crippen MR) is 113 cm³/mol. The van der Waals surface area contributed by atoms with E-state index in [4.69, 9.17) is 16.3 Å². The molecule has 1 aliphatic heterocycles. The lowest BCUT2D eigenvalue weighted by molar-refractivity contribution is -0.212. The minimum absolute atomic E-state index is 0.0392. The van der Waals surface area contributed by atoms with Gasteiger partial charge in [-0.15, -0.1) is 13.2 Å². The molecule has 2 atom stereocenters. The third-order valence-electron chi connectivity index (χ3n) is 6.93. The summed E-state index contributed by atoms with van der Waals surface area (Å²) in [5, 5.41) is 21.9. The van der Waals surface area contributed by atoms with Gasteiger partial charge in [0.05, 0.1) is 23.5 Å². The number of carbonyl (C=O) groups is 1. The van der Waals surface area contributed by atoms with E-state index in [0.717, 1.165) is 6.20 Å². The number of ether oxygens (including phenoxy) is 1. The third-order valence-corrected chi connectivity index (χ3v) is 7.17. The highest BCUT2D eigenvalue weighted by molar-refractivity contribution is 6.30. The van der Waals surface area contributed by atoms with Gasteiger partial charge in [0.1, 0.15) is 5.75 Å². The maximum Gasteiger partial charge on any atom is 0.504 e. The number of hydrogen-bond acceptors (Lipinski definition) is 5. The molecule has 178 valence electrons. The SMILES string of the molecule is O=C(NC12CC(n3cc(-c4ccn(C(F)(F)F)n4)cn3)(C1)C2)[C@H]1C[C@@H](O)c2cc(Cl)ccc2O1. The molecule has 3 aromatic rings. The molecule has 0 saturated heterocycles. The molecule has 8 nitrogen and oxygen atoms in total. The summed E-state index contributed by atoms with van der Waals surface area (Å²) in [6.07, 6.45) is -0.0634. The van der Waals surface area contributed by atoms with Crippen LogP contribution < -0.4 is 10.1 Å². The Bertz CT molecular complexity index is 1280. The Labute approximate surface area is 196 Å². The van der Waals surface area contributed by atoms with Crippen molar-refractivity contribution < 1.29 is 27.8 Å². The first-order chi connectivity index (χ1) is 16.1. The number of hydrogen-bond donors (Lipinski definition) is 2. The zero-order chi connectivity index (χ0) is 23.9. The van der Waals surface area contributed by atoms with Crippen molar-refractivity contribution >= 4 is 17.5 Å². The average molecular weight is 494 g/mol. The fourth-order valence-corrected chi connectivity index (χ4v) is 5.54. The van der Waals surface area contributed by atoms with Crippen molar-refractivity contribution in [2.24, 2.45) is 0 Å². The fourth-order valence-electron chi connectivity index (χ4n) is 5.36. The fraction of sp³-hybridized carbons (Fsp3) is 0.409. The van der Waals surface area contributed by atoms with Crippen LogP contribution in [0.4, 0.5) is 13.2 Å². The minimum Gasteiger partial charge on any atom is -0.480 e. The second kappa shape index (κ2) is 6.98. The summed E-state index contributed by atoms with van der Waals surface area (Å²) in [5.74, 6) is 0.154. The number of fused-ring (bicyclic) bond motifs is 1. The number of halogens is 4. The highest BCUT2D eigenvalue weighted by Crippen LogP contribution is 2.65. The van der Waals surface area contributed by atoms with Crippen LogP contribution in [0.25, 0.3) is 11.3 Å². The van der Waals surface area contributed by atoms with E-state index in [2.05, 4.69) is 15.5 Å². The van der Waals surface area contributed by atoms with Crippen molar-refractivity contribution in [2.75, 3.05) is 0 Å². The van der Waals surface area contributed by atoms with E-state index in [1.54, 1.807) is 29.1 Å². The number of alkyl halides is 3. The number of rotatable bonds is 4. The van der Waals surface area contributed by atoms with E-state index in [-0.39, 0.29) is 33.8 Å². The quantitative estimate of drug-likeness (QED) is 0.580. The molecule has 2 N–H and O–H groups in total. The van der Waals surface area contributed by atoms with Crippen molar-refractivity contribution in [1.82, 2.24) is 24.9 Å². The van der Waals surface area contributed by atoms with E-state index < -0.39 is 18.5 Å². The molecule has 3 aliphatic carbocycles. The summed E-state index contributed by atoms with van der Waals surface area (Å²) < 4.78 is 45.9. The summed E-state index contributed by atoms with van der Waals surface area (Å²) in [5.41, 5.74) is 0.613. The molecule has 3 saturated carbocycles. The van der Waals surface area contributed by atoms with Crippen molar-refractivity contribution in [1.29, 1.82) is 0 Å². The Kier molecular flexibility index (Phi) is 4.41. The zero-order valence-corrected chi connectivity index (χ0v) is 18.3. The number of aromatic nitrogens is 4. The molecule has 34 heavy (non-hydrogen) atoms. The first-order valence-electron chi connectivity index (χ1n) is 10.7. The van der Waals surface area contributed by atoms with Gasteiger partial charge in [-0.05, 0) is 43.5 Å². The van der Waals surface area contributed by atoms with Gasteiger partial charge in [0.15, 0.2) is 6.10 Å². The van der Waals surface area contributed by atoms with Crippen molar-refractivity contribution in [3.63, 3.8) is 0 Å². The molecule has 7 rings (SSSR count). The molecule has 0 radical (unpaired) electrons. The van der Waals surface area contributed by atoms with Crippen molar-refractivity contribution in [3.05, 3.63) is 53.4 Å². The zero-order valence-electron chi connectivity index (χ0n) is 17.6. The second-order valence-corrected chi connectivity index (χ2v) is 9.79. The smallest absolute Gasteiger partial charge is 0.480 e. The highest BCUT2D eigenvalue weighted by Gasteiger charge is 2.70. The summed E-state index contributed by atoms with van der Waals surface area (Å²) in [4.78, 5) is 12.9. The molecule has 2 aromatic heterocycles. The second-order valence-electron chi connectivity index (χ2n) is 9.35. The average Bonchev–Trinajstić information content (AvgIpc) is 3.39. The Morgan fingerprint density at radius 3 is 2.74 bits per heavy atom. The molecule has 1 amide bonds. The molecule has 0 spiro atoms. The monoisotopic (exact) mass is 493 g/mol. The van der Waals surface area contributed by atoms with Crippen LogP contribution in [0.5, 0.6) is 5.75 Å². The Hall–Kier alpha value is -3.05. The molecule has 3 heterocycles. The van der Waals surface area contributed by atoms with E-state index in [1.165, 1.54) is 12.3 Å². The lowest BCUT2D eigenvalue weighted by Crippen LogP contribution is -2.79. The minimum atomic E-state index is -4.57. The Morgan fingerprint density at radius 2 is 2.03 bits per heavy atom. The summed E-state index contributed by atoms with van der Waals surface area (Å²) >= 11 is 5.98. The van der Waals surface area contributed by atoms with Gasteiger partial charge in [0, 0.05) is 40.5 Å². The lowest BCUT2D eigenvalue weighted by atomic mass is 9.44. The summed E-state index contributed by atoms with van der Waals surface area (Å²) in [6, 6.07) is 6.21. The molecular weight excluding hydrogens is 475 g/mol. The normalized spacial score (nSPS) is 29.4. The predicted octanol–water partition coefficient (Wildman–Crippen LogP) is 3.51. The molecular formula is C22H19ClF3N5O3. The van der Waals surface area contributed by atoms with E-state index in [9.17, 15) is 23.1 Å². The molecule has 0 unspecified atom stereocenters. The number of nitrogens with one attached hydrogen (secondary N) is 1. The lowest BCUT2D eigenvalue weighted by Gasteiger charge is -2.70. The van der Waals surface area contributed by atoms with Crippen LogP contribution in [-0.4, -0.2) is 42.2 Å². The van der Waals surface area contributed by atoms with E-state index in [0.29, 0.717) is 41.2 Å². The first-order valence-corrected chi connectivity index (χ1v) is 11.1. The van der Waals surface area contributed by atoms with Gasteiger partial charge in [-0.25, -0.2) is 0 Å². The molecule has 3 fully saturated rings. The summed E-state index contributed by atoms with van der Waals surface area (Å²) in [6.45, 7) is 0. The van der Waals surface area contributed by atoms with Crippen molar-refractivity contribution in [3.8, 4) is 17.0 Å². The van der Waals surface area contributed by atoms with Crippen LogP contribution in [0.2, 0.25) is 5.02 Å². The molecule has 2 bridgehead atoms. The number of aliphatic hydroxyl groups excluding tert-OH is 1. The van der Waals surface area contributed by atoms with Gasteiger partial charge in [-0.3, -0.25) is 9.48 Å². The number of nitrogens with zero attached hydrogens (tertiary/aromatic N) is 4. The van der Waals surface area contributed by atoms with Crippen LogP contribution in [0.3, 0.4) is 0 Å². The number of amides is 1. The number of carbonyl (C=O) groups excluding carboxylic acids is 1. The molecule has 12 heteroatoms. The van der Waals surface area contributed by atoms with Crippen LogP contribution >= 0.6 is 11.6 Å². The number of aliphatic hydroxyl groups is 1. The van der Waals surface area contributed by atoms with Crippen LogP contribution in [0, 0.1) is 0 Å². The van der Waals surface area contributed by atoms with E-state index >= 15 is 0 Å². The van der Waals surface area contributed by atoms with Crippen LogP contribution in [0.15, 0.2) is 42.9 Å². The van der Waals surface area contributed by atoms with Gasteiger partial charge in [-0.1, -0.05) is 11.6 Å². The van der Waals surface area contributed by atoms with Crippen LogP contribution in [-0.2, 0) is 16.6 Å². The first kappa shape index (κ1) is 21.5. The topological polar surface area (TPSA) is 94.2 Å². The van der Waals surface area contributed by atoms with Crippen LogP contribution in [0.1, 0.15) is 37.4 Å². The van der Waals surface area contributed by atoms with Gasteiger partial charge in [-0.2, -0.15) is 14.9 Å². The summed E-state index contributed by atoms with van der Waals surface area (Å²) in [7, 11) is 0. The largest absolute Gasteiger partial charge is 0.504 e. The standard InChI is InChI=1S/C22H19ClF3N5O3/c23-13-1-2-17-14(5-13)16(32)6-18(34-17)19(33)28-20-9-21(10-20,11-20)31-8-12(7-27-31)15-3-4-30(29-15)22(24,25)26/h1-5,7-8,16,18,32H,6,9-11H2,(H,28,33)/t16-,18-,20?,21?/m1/s1. The van der Waals surface area contributed by atoms with E-state index in [1.807, 2.05) is 0 Å². The van der Waals surface area contributed by atoms with Gasteiger partial charge in [0.25, 0.3) is 5.91 Å².